The van der Waals surface area contributed by atoms with E-state index in [2.05, 4.69) is 18.7 Å². The maximum atomic E-state index is 14.0. The van der Waals surface area contributed by atoms with Gasteiger partial charge in [0, 0.05) is 30.3 Å². The number of likely N-dealkylation sites (tertiary alicyclic amines) is 1. The van der Waals surface area contributed by atoms with Gasteiger partial charge in [0.05, 0.1) is 0 Å². The van der Waals surface area contributed by atoms with Gasteiger partial charge in [0.15, 0.2) is 0 Å². The summed E-state index contributed by atoms with van der Waals surface area (Å²) in [4.78, 5) is 2.60. The zero-order chi connectivity index (χ0) is 14.0. The number of piperidine rings is 1. The molecule has 2 nitrogen and oxygen atoms in total. The molecular formula is C15H21FN2S. The third-order valence-electron chi connectivity index (χ3n) is 3.96. The van der Waals surface area contributed by atoms with Crippen LogP contribution in [0, 0.1) is 11.7 Å². The lowest BCUT2D eigenvalue weighted by Gasteiger charge is -2.36. The van der Waals surface area contributed by atoms with Crippen LogP contribution in [0.2, 0.25) is 0 Å². The first-order valence-corrected chi connectivity index (χ1v) is 7.20. The maximum Gasteiger partial charge on any atom is 0.128 e. The lowest BCUT2D eigenvalue weighted by Crippen LogP contribution is -2.40. The topological polar surface area (TPSA) is 29.3 Å². The molecular weight excluding hydrogens is 259 g/mol. The van der Waals surface area contributed by atoms with Crippen molar-refractivity contribution in [2.75, 3.05) is 6.54 Å². The van der Waals surface area contributed by atoms with Crippen LogP contribution in [0.1, 0.15) is 37.8 Å². The lowest BCUT2D eigenvalue weighted by atomic mass is 9.94. The second-order valence-electron chi connectivity index (χ2n) is 5.63. The van der Waals surface area contributed by atoms with E-state index in [0.717, 1.165) is 12.1 Å². The van der Waals surface area contributed by atoms with Crippen molar-refractivity contribution in [2.45, 2.75) is 39.3 Å². The van der Waals surface area contributed by atoms with Crippen molar-refractivity contribution >= 4 is 17.2 Å². The Morgan fingerprint density at radius 1 is 1.42 bits per heavy atom. The minimum atomic E-state index is -0.212. The highest BCUT2D eigenvalue weighted by molar-refractivity contribution is 7.80. The molecule has 0 spiro atoms. The van der Waals surface area contributed by atoms with Crippen LogP contribution in [-0.4, -0.2) is 22.5 Å². The summed E-state index contributed by atoms with van der Waals surface area (Å²) in [7, 11) is 0. The van der Waals surface area contributed by atoms with Crippen LogP contribution < -0.4 is 5.73 Å². The van der Waals surface area contributed by atoms with Crippen molar-refractivity contribution < 1.29 is 4.39 Å². The highest BCUT2D eigenvalue weighted by atomic mass is 32.1. The van der Waals surface area contributed by atoms with Gasteiger partial charge in [-0.25, -0.2) is 4.39 Å². The van der Waals surface area contributed by atoms with Crippen molar-refractivity contribution in [3.05, 3.63) is 35.1 Å². The predicted octanol–water partition coefficient (Wildman–Crippen LogP) is 3.08. The monoisotopic (exact) mass is 280 g/mol. The fourth-order valence-electron chi connectivity index (χ4n) is 2.65. The number of hydrogen-bond acceptors (Lipinski definition) is 2. The fraction of sp³-hybridized carbons (Fsp3) is 0.533. The largest absolute Gasteiger partial charge is 0.389 e. The van der Waals surface area contributed by atoms with Crippen molar-refractivity contribution in [2.24, 2.45) is 11.7 Å². The summed E-state index contributed by atoms with van der Waals surface area (Å²) in [6.45, 7) is 6.17. The Balaban J connectivity index is 2.12. The molecule has 2 rings (SSSR count). The van der Waals surface area contributed by atoms with E-state index in [9.17, 15) is 4.39 Å². The Morgan fingerprint density at radius 3 is 2.79 bits per heavy atom. The molecule has 1 aliphatic heterocycles. The number of hydrogen-bond donors (Lipinski definition) is 1. The van der Waals surface area contributed by atoms with E-state index in [1.807, 2.05) is 0 Å². The molecule has 0 amide bonds. The molecule has 104 valence electrons. The minimum absolute atomic E-state index is 0.212. The second-order valence-corrected chi connectivity index (χ2v) is 6.07. The normalized spacial score (nSPS) is 24.4. The lowest BCUT2D eigenvalue weighted by molar-refractivity contribution is 0.116. The SMILES string of the molecule is CC1CCC(C)N(Cc2ccc(C(N)=S)cc2F)C1. The fourth-order valence-corrected chi connectivity index (χ4v) is 2.77. The number of nitrogens with zero attached hydrogens (tertiary/aromatic N) is 1. The Morgan fingerprint density at radius 2 is 2.16 bits per heavy atom. The van der Waals surface area contributed by atoms with Crippen LogP contribution in [-0.2, 0) is 6.54 Å². The molecule has 1 aromatic carbocycles. The summed E-state index contributed by atoms with van der Waals surface area (Å²) in [5.74, 6) is 0.478. The van der Waals surface area contributed by atoms with Gasteiger partial charge in [-0.05, 0) is 31.7 Å². The van der Waals surface area contributed by atoms with Crippen molar-refractivity contribution in [1.29, 1.82) is 0 Å². The Bertz CT molecular complexity index is 475. The molecule has 0 bridgehead atoms. The quantitative estimate of drug-likeness (QED) is 0.863. The smallest absolute Gasteiger partial charge is 0.128 e. The van der Waals surface area contributed by atoms with E-state index >= 15 is 0 Å². The number of nitrogens with two attached hydrogens (primary N) is 1. The molecule has 1 saturated heterocycles. The third-order valence-corrected chi connectivity index (χ3v) is 4.19. The van der Waals surface area contributed by atoms with E-state index in [0.29, 0.717) is 24.1 Å². The molecule has 2 N–H and O–H groups in total. The zero-order valence-electron chi connectivity index (χ0n) is 11.5. The van der Waals surface area contributed by atoms with E-state index in [1.54, 1.807) is 12.1 Å². The average molecular weight is 280 g/mol. The highest BCUT2D eigenvalue weighted by Gasteiger charge is 2.23. The molecule has 2 atom stereocenters. The highest BCUT2D eigenvalue weighted by Crippen LogP contribution is 2.24. The summed E-state index contributed by atoms with van der Waals surface area (Å²) in [5, 5.41) is 0. The van der Waals surface area contributed by atoms with Gasteiger partial charge in [-0.2, -0.15) is 0 Å². The standard InChI is InChI=1S/C15H21FN2S/c1-10-3-4-11(2)18(8-10)9-13-6-5-12(15(17)19)7-14(13)16/h5-7,10-11H,3-4,8-9H2,1-2H3,(H2,17,19). The Labute approximate surface area is 119 Å². The van der Waals surface area contributed by atoms with Crippen molar-refractivity contribution in [3.63, 3.8) is 0 Å². The molecule has 2 unspecified atom stereocenters. The van der Waals surface area contributed by atoms with E-state index < -0.39 is 0 Å². The number of thiocarbonyl (C=S) groups is 1. The second kappa shape index (κ2) is 5.97. The number of rotatable bonds is 3. The molecule has 0 saturated carbocycles. The van der Waals surface area contributed by atoms with E-state index in [1.165, 1.54) is 18.9 Å². The average Bonchev–Trinajstić information content (AvgIpc) is 2.36. The summed E-state index contributed by atoms with van der Waals surface area (Å²) in [5.41, 5.74) is 6.83. The predicted molar refractivity (Wildman–Crippen MR) is 80.6 cm³/mol. The van der Waals surface area contributed by atoms with Crippen molar-refractivity contribution in [3.8, 4) is 0 Å². The van der Waals surface area contributed by atoms with Crippen LogP contribution in [0.25, 0.3) is 0 Å². The van der Waals surface area contributed by atoms with Crippen LogP contribution in [0.4, 0.5) is 4.39 Å². The van der Waals surface area contributed by atoms with Gasteiger partial charge in [0.25, 0.3) is 0 Å². The zero-order valence-corrected chi connectivity index (χ0v) is 12.3. The molecule has 1 fully saturated rings. The molecule has 19 heavy (non-hydrogen) atoms. The number of benzene rings is 1. The Hall–Kier alpha value is -1.00. The van der Waals surface area contributed by atoms with Gasteiger partial charge in [-0.15, -0.1) is 0 Å². The first-order chi connectivity index (χ1) is 8.97. The molecule has 0 aromatic heterocycles. The molecule has 1 aliphatic rings. The first kappa shape index (κ1) is 14.4. The van der Waals surface area contributed by atoms with Gasteiger partial charge in [-0.3, -0.25) is 4.90 Å². The first-order valence-electron chi connectivity index (χ1n) is 6.79. The maximum absolute atomic E-state index is 14.0. The van der Waals surface area contributed by atoms with Crippen LogP contribution in [0.15, 0.2) is 18.2 Å². The van der Waals surface area contributed by atoms with Gasteiger partial charge in [-0.1, -0.05) is 31.3 Å². The molecule has 0 radical (unpaired) electrons. The molecule has 1 aromatic rings. The summed E-state index contributed by atoms with van der Waals surface area (Å²) in [6, 6.07) is 5.57. The van der Waals surface area contributed by atoms with Gasteiger partial charge in [0.1, 0.15) is 10.8 Å². The van der Waals surface area contributed by atoms with Gasteiger partial charge >= 0.3 is 0 Å². The van der Waals surface area contributed by atoms with Crippen LogP contribution >= 0.6 is 12.2 Å². The summed E-state index contributed by atoms with van der Waals surface area (Å²) >= 11 is 4.86. The van der Waals surface area contributed by atoms with Gasteiger partial charge in [0.2, 0.25) is 0 Å². The molecule has 0 aliphatic carbocycles. The molecule has 4 heteroatoms. The molecule has 1 heterocycles. The third kappa shape index (κ3) is 3.51. The summed E-state index contributed by atoms with van der Waals surface area (Å²) in [6.07, 6.45) is 2.45. The van der Waals surface area contributed by atoms with E-state index in [4.69, 9.17) is 18.0 Å². The van der Waals surface area contributed by atoms with Crippen molar-refractivity contribution in [1.82, 2.24) is 4.90 Å². The number of halogens is 1. The van der Waals surface area contributed by atoms with Gasteiger partial charge < -0.3 is 5.73 Å². The summed E-state index contributed by atoms with van der Waals surface area (Å²) < 4.78 is 14.0. The van der Waals surface area contributed by atoms with Crippen LogP contribution in [0.5, 0.6) is 0 Å². The Kier molecular flexibility index (Phi) is 4.53. The van der Waals surface area contributed by atoms with Crippen LogP contribution in [0.3, 0.4) is 0 Å². The van der Waals surface area contributed by atoms with E-state index in [-0.39, 0.29) is 10.8 Å². The minimum Gasteiger partial charge on any atom is -0.389 e.